The Morgan fingerprint density at radius 3 is 2.19 bits per heavy atom. The number of hydrogen-bond acceptors (Lipinski definition) is 5. The molecule has 0 fully saturated rings. The van der Waals surface area contributed by atoms with E-state index in [1.54, 1.807) is 38.1 Å². The fourth-order valence-corrected chi connectivity index (χ4v) is 3.85. The first-order chi connectivity index (χ1) is 12.9. The highest BCUT2D eigenvalue weighted by molar-refractivity contribution is 7.89. The topological polar surface area (TPSA) is 99.5 Å². The normalized spacial score (nSPS) is 11.0. The second-order valence-electron chi connectivity index (χ2n) is 5.59. The number of nitrogens with one attached hydrogen (secondary N) is 1. The van der Waals surface area contributed by atoms with E-state index in [-0.39, 0.29) is 17.4 Å². The fraction of sp³-hybridized carbons (Fsp3) is 0.263. The largest absolute Gasteiger partial charge is 0.484 e. The van der Waals surface area contributed by atoms with Gasteiger partial charge in [-0.25, -0.2) is 8.42 Å². The number of ether oxygens (including phenoxy) is 1. The molecule has 2 aromatic carbocycles. The van der Waals surface area contributed by atoms with Crippen LogP contribution in [0.15, 0.2) is 53.4 Å². The van der Waals surface area contributed by atoms with E-state index in [0.717, 1.165) is 0 Å². The number of benzene rings is 2. The lowest BCUT2D eigenvalue weighted by atomic mass is 10.2. The van der Waals surface area contributed by atoms with Crippen molar-refractivity contribution in [2.24, 2.45) is 0 Å². The van der Waals surface area contributed by atoms with Crippen LogP contribution in [0.25, 0.3) is 0 Å². The SMILES string of the molecule is CCN(CC)S(=O)(=O)c1ccc(NC(=O)COc2ccc(C#N)cc2)cc1. The van der Waals surface area contributed by atoms with Gasteiger partial charge in [-0.05, 0) is 48.5 Å². The zero-order chi connectivity index (χ0) is 19.9. The van der Waals surface area contributed by atoms with Gasteiger partial charge in [0.05, 0.1) is 16.5 Å². The van der Waals surface area contributed by atoms with Crippen LogP contribution in [0.1, 0.15) is 19.4 Å². The third-order valence-corrected chi connectivity index (χ3v) is 5.90. The maximum absolute atomic E-state index is 12.4. The number of amides is 1. The predicted molar refractivity (Wildman–Crippen MR) is 102 cm³/mol. The molecule has 1 N–H and O–H groups in total. The van der Waals surface area contributed by atoms with Crippen molar-refractivity contribution in [1.82, 2.24) is 4.31 Å². The summed E-state index contributed by atoms with van der Waals surface area (Å²) in [5.74, 6) is 0.100. The van der Waals surface area contributed by atoms with Crippen molar-refractivity contribution in [3.63, 3.8) is 0 Å². The van der Waals surface area contributed by atoms with Gasteiger partial charge in [-0.2, -0.15) is 9.57 Å². The molecule has 0 unspecified atom stereocenters. The van der Waals surface area contributed by atoms with Gasteiger partial charge in [0, 0.05) is 18.8 Å². The Balaban J connectivity index is 1.95. The smallest absolute Gasteiger partial charge is 0.262 e. The molecule has 0 spiro atoms. The van der Waals surface area contributed by atoms with Crippen LogP contribution >= 0.6 is 0 Å². The number of sulfonamides is 1. The highest BCUT2D eigenvalue weighted by atomic mass is 32.2. The van der Waals surface area contributed by atoms with Crippen molar-refractivity contribution in [3.05, 3.63) is 54.1 Å². The summed E-state index contributed by atoms with van der Waals surface area (Å²) in [4.78, 5) is 12.2. The Morgan fingerprint density at radius 2 is 1.67 bits per heavy atom. The van der Waals surface area contributed by atoms with Gasteiger partial charge >= 0.3 is 0 Å². The van der Waals surface area contributed by atoms with Gasteiger partial charge in [0.25, 0.3) is 5.91 Å². The van der Waals surface area contributed by atoms with Crippen LogP contribution in [-0.2, 0) is 14.8 Å². The van der Waals surface area contributed by atoms with Crippen LogP contribution < -0.4 is 10.1 Å². The molecule has 0 aliphatic rings. The maximum Gasteiger partial charge on any atom is 0.262 e. The summed E-state index contributed by atoms with van der Waals surface area (Å²) in [7, 11) is -3.53. The Labute approximate surface area is 159 Å². The van der Waals surface area contributed by atoms with Crippen LogP contribution in [0.5, 0.6) is 5.75 Å². The lowest BCUT2D eigenvalue weighted by Gasteiger charge is -2.18. The molecular formula is C19H21N3O4S. The highest BCUT2D eigenvalue weighted by Crippen LogP contribution is 2.18. The van der Waals surface area contributed by atoms with Gasteiger partial charge in [-0.15, -0.1) is 0 Å². The second kappa shape index (κ2) is 9.16. The van der Waals surface area contributed by atoms with Gasteiger partial charge in [-0.1, -0.05) is 13.8 Å². The average molecular weight is 387 g/mol. The second-order valence-corrected chi connectivity index (χ2v) is 7.52. The van der Waals surface area contributed by atoms with Crippen molar-refractivity contribution in [3.8, 4) is 11.8 Å². The Kier molecular flexibility index (Phi) is 6.93. The monoisotopic (exact) mass is 387 g/mol. The Bertz CT molecular complexity index is 913. The van der Waals surface area contributed by atoms with Gasteiger partial charge in [0.2, 0.25) is 10.0 Å². The summed E-state index contributed by atoms with van der Waals surface area (Å²) in [5, 5.41) is 11.4. The first-order valence-electron chi connectivity index (χ1n) is 8.43. The molecule has 0 heterocycles. The summed E-state index contributed by atoms with van der Waals surface area (Å²) in [6.07, 6.45) is 0. The van der Waals surface area contributed by atoms with Crippen molar-refractivity contribution in [2.75, 3.05) is 25.0 Å². The molecule has 8 heteroatoms. The average Bonchev–Trinajstić information content (AvgIpc) is 2.68. The van der Waals surface area contributed by atoms with Crippen LogP contribution in [0.4, 0.5) is 5.69 Å². The van der Waals surface area contributed by atoms with Crippen molar-refractivity contribution >= 4 is 21.6 Å². The quantitative estimate of drug-likeness (QED) is 0.750. The Morgan fingerprint density at radius 1 is 1.07 bits per heavy atom. The number of hydrogen-bond donors (Lipinski definition) is 1. The molecular weight excluding hydrogens is 366 g/mol. The van der Waals surface area contributed by atoms with E-state index in [1.807, 2.05) is 6.07 Å². The third kappa shape index (κ3) is 5.29. The zero-order valence-electron chi connectivity index (χ0n) is 15.2. The zero-order valence-corrected chi connectivity index (χ0v) is 16.0. The molecule has 0 atom stereocenters. The number of anilines is 1. The number of nitriles is 1. The van der Waals surface area contributed by atoms with E-state index in [4.69, 9.17) is 10.00 Å². The van der Waals surface area contributed by atoms with Gasteiger partial charge in [-0.3, -0.25) is 4.79 Å². The minimum Gasteiger partial charge on any atom is -0.484 e. The molecule has 142 valence electrons. The van der Waals surface area contributed by atoms with Crippen molar-refractivity contribution < 1.29 is 17.9 Å². The number of carbonyl (C=O) groups excluding carboxylic acids is 1. The van der Waals surface area contributed by atoms with Crippen molar-refractivity contribution in [2.45, 2.75) is 18.7 Å². The van der Waals surface area contributed by atoms with Crippen LogP contribution in [-0.4, -0.2) is 38.3 Å². The van der Waals surface area contributed by atoms with E-state index in [9.17, 15) is 13.2 Å². The molecule has 0 radical (unpaired) electrons. The minimum atomic E-state index is -3.53. The molecule has 27 heavy (non-hydrogen) atoms. The standard InChI is InChI=1S/C19H21N3O4S/c1-3-22(4-2)27(24,25)18-11-7-16(8-12-18)21-19(23)14-26-17-9-5-15(13-20)6-10-17/h5-12H,3-4,14H2,1-2H3,(H,21,23). The van der Waals surface area contributed by atoms with Gasteiger partial charge in [0.1, 0.15) is 5.75 Å². The molecule has 0 saturated heterocycles. The highest BCUT2D eigenvalue weighted by Gasteiger charge is 2.21. The first kappa shape index (κ1) is 20.4. The minimum absolute atomic E-state index is 0.179. The summed E-state index contributed by atoms with van der Waals surface area (Å²) in [5.41, 5.74) is 0.980. The maximum atomic E-state index is 12.4. The summed E-state index contributed by atoms with van der Waals surface area (Å²) >= 11 is 0. The summed E-state index contributed by atoms with van der Waals surface area (Å²) in [6, 6.07) is 14.4. The number of carbonyl (C=O) groups is 1. The van der Waals surface area contributed by atoms with E-state index in [0.29, 0.717) is 30.1 Å². The number of nitrogens with zero attached hydrogens (tertiary/aromatic N) is 2. The van der Waals surface area contributed by atoms with Crippen LogP contribution in [0.2, 0.25) is 0 Å². The van der Waals surface area contributed by atoms with Crippen LogP contribution in [0.3, 0.4) is 0 Å². The fourth-order valence-electron chi connectivity index (χ4n) is 2.39. The molecule has 0 aliphatic carbocycles. The molecule has 2 rings (SSSR count). The summed E-state index contributed by atoms with van der Waals surface area (Å²) < 4.78 is 31.6. The Hall–Kier alpha value is -2.89. The molecule has 7 nitrogen and oxygen atoms in total. The predicted octanol–water partition coefficient (Wildman–Crippen LogP) is 2.61. The first-order valence-corrected chi connectivity index (χ1v) is 9.87. The van der Waals surface area contributed by atoms with Gasteiger partial charge in [0.15, 0.2) is 6.61 Å². The lowest BCUT2D eigenvalue weighted by Crippen LogP contribution is -2.30. The van der Waals surface area contributed by atoms with E-state index < -0.39 is 10.0 Å². The van der Waals surface area contributed by atoms with Crippen molar-refractivity contribution in [1.29, 1.82) is 5.26 Å². The molecule has 2 aromatic rings. The van der Waals surface area contributed by atoms with E-state index in [1.165, 1.54) is 28.6 Å². The molecule has 1 amide bonds. The molecule has 0 bridgehead atoms. The molecule has 0 saturated carbocycles. The summed E-state index contributed by atoms with van der Waals surface area (Å²) in [6.45, 7) is 4.15. The van der Waals surface area contributed by atoms with Crippen LogP contribution in [0, 0.1) is 11.3 Å². The molecule has 0 aromatic heterocycles. The molecule has 0 aliphatic heterocycles. The lowest BCUT2D eigenvalue weighted by molar-refractivity contribution is -0.118. The van der Waals surface area contributed by atoms with Gasteiger partial charge < -0.3 is 10.1 Å². The number of rotatable bonds is 8. The van der Waals surface area contributed by atoms with E-state index >= 15 is 0 Å². The van der Waals surface area contributed by atoms with E-state index in [2.05, 4.69) is 5.32 Å². The third-order valence-electron chi connectivity index (χ3n) is 3.83.